The van der Waals surface area contributed by atoms with Crippen molar-refractivity contribution in [1.29, 1.82) is 0 Å². The summed E-state index contributed by atoms with van der Waals surface area (Å²) in [5.74, 6) is -0.595. The predicted molar refractivity (Wildman–Crippen MR) is 120 cm³/mol. The number of carbonyl (C=O) groups is 2. The number of aryl methyl sites for hydroxylation is 1. The van der Waals surface area contributed by atoms with Crippen LogP contribution < -0.4 is 10.6 Å². The molecular weight excluding hydrogens is 457 g/mol. The molecule has 2 aromatic rings. The van der Waals surface area contributed by atoms with Gasteiger partial charge in [0, 0.05) is 30.7 Å². The molecule has 10 heteroatoms. The molecule has 33 heavy (non-hydrogen) atoms. The number of amides is 2. The van der Waals surface area contributed by atoms with Crippen LogP contribution in [0.1, 0.15) is 56.0 Å². The van der Waals surface area contributed by atoms with Gasteiger partial charge in [-0.05, 0) is 55.4 Å². The number of hydrogen-bond donors (Lipinski definition) is 2. The maximum Gasteiger partial charge on any atom is 0.411 e. The summed E-state index contributed by atoms with van der Waals surface area (Å²) >= 11 is 1.43. The van der Waals surface area contributed by atoms with Crippen LogP contribution in [0.5, 0.6) is 0 Å². The van der Waals surface area contributed by atoms with Crippen LogP contribution in [0.2, 0.25) is 0 Å². The van der Waals surface area contributed by atoms with Gasteiger partial charge in [-0.2, -0.15) is 13.2 Å². The molecule has 1 aromatic heterocycles. The van der Waals surface area contributed by atoms with E-state index in [2.05, 4.69) is 15.4 Å². The maximum absolute atomic E-state index is 12.9. The minimum absolute atomic E-state index is 0.202. The van der Waals surface area contributed by atoms with Crippen molar-refractivity contribution in [2.24, 2.45) is 0 Å². The molecule has 180 valence electrons. The van der Waals surface area contributed by atoms with Crippen LogP contribution in [-0.4, -0.2) is 44.9 Å². The van der Waals surface area contributed by atoms with E-state index in [9.17, 15) is 22.8 Å². The van der Waals surface area contributed by atoms with Crippen molar-refractivity contribution < 1.29 is 32.2 Å². The second-order valence-electron chi connectivity index (χ2n) is 7.78. The Bertz CT molecular complexity index is 958. The first-order chi connectivity index (χ1) is 15.8. The molecule has 0 bridgehead atoms. The molecule has 2 N–H and O–H groups in total. The van der Waals surface area contributed by atoms with Gasteiger partial charge >= 0.3 is 6.18 Å². The van der Waals surface area contributed by atoms with Crippen molar-refractivity contribution in [2.75, 3.05) is 32.2 Å². The molecular formula is C23H27F3N2O4S. The van der Waals surface area contributed by atoms with E-state index in [-0.39, 0.29) is 18.4 Å². The van der Waals surface area contributed by atoms with Crippen LogP contribution in [0.4, 0.5) is 18.2 Å². The summed E-state index contributed by atoms with van der Waals surface area (Å²) in [5, 5.41) is 6.29. The zero-order chi connectivity index (χ0) is 23.8. The average molecular weight is 485 g/mol. The van der Waals surface area contributed by atoms with Crippen LogP contribution in [0, 0.1) is 0 Å². The number of rotatable bonds is 10. The van der Waals surface area contributed by atoms with E-state index in [1.165, 1.54) is 23.5 Å². The SMILES string of the molecule is COCCCNC(=O)c1c(NC(=O)c2ccc(COCC(F)(F)F)cc2)sc2c1CCCC2. The first-order valence-corrected chi connectivity index (χ1v) is 11.6. The Kier molecular flexibility index (Phi) is 8.87. The third-order valence-corrected chi connectivity index (χ3v) is 6.39. The van der Waals surface area contributed by atoms with Crippen molar-refractivity contribution in [2.45, 2.75) is 44.9 Å². The second-order valence-corrected chi connectivity index (χ2v) is 8.88. The Balaban J connectivity index is 1.68. The Morgan fingerprint density at radius 2 is 1.82 bits per heavy atom. The summed E-state index contributed by atoms with van der Waals surface area (Å²) in [5.41, 5.74) is 2.39. The molecule has 0 saturated carbocycles. The topological polar surface area (TPSA) is 76.7 Å². The van der Waals surface area contributed by atoms with Crippen molar-refractivity contribution in [1.82, 2.24) is 5.32 Å². The average Bonchev–Trinajstić information content (AvgIpc) is 3.14. The quantitative estimate of drug-likeness (QED) is 0.479. The Morgan fingerprint density at radius 3 is 2.52 bits per heavy atom. The molecule has 3 rings (SSSR count). The molecule has 0 fully saturated rings. The minimum Gasteiger partial charge on any atom is -0.385 e. The van der Waals surface area contributed by atoms with Crippen molar-refractivity contribution in [3.8, 4) is 0 Å². The highest BCUT2D eigenvalue weighted by Crippen LogP contribution is 2.38. The van der Waals surface area contributed by atoms with Crippen LogP contribution in [0.3, 0.4) is 0 Å². The number of anilines is 1. The molecule has 1 aromatic carbocycles. The van der Waals surface area contributed by atoms with E-state index < -0.39 is 12.8 Å². The monoisotopic (exact) mass is 484 g/mol. The highest BCUT2D eigenvalue weighted by atomic mass is 32.1. The summed E-state index contributed by atoms with van der Waals surface area (Å²) in [6, 6.07) is 6.15. The van der Waals surface area contributed by atoms with Crippen molar-refractivity contribution >= 4 is 28.2 Å². The van der Waals surface area contributed by atoms with Crippen molar-refractivity contribution in [3.05, 3.63) is 51.4 Å². The predicted octanol–water partition coefficient (Wildman–Crippen LogP) is 4.72. The Hall–Kier alpha value is -2.43. The van der Waals surface area contributed by atoms with Gasteiger partial charge in [0.25, 0.3) is 11.8 Å². The lowest BCUT2D eigenvalue weighted by Crippen LogP contribution is -2.27. The van der Waals surface area contributed by atoms with Gasteiger partial charge in [0.1, 0.15) is 11.6 Å². The van der Waals surface area contributed by atoms with Crippen LogP contribution in [-0.2, 0) is 28.9 Å². The van der Waals surface area contributed by atoms with Gasteiger partial charge in [0.05, 0.1) is 12.2 Å². The third kappa shape index (κ3) is 7.28. The lowest BCUT2D eigenvalue weighted by atomic mass is 9.95. The van der Waals surface area contributed by atoms with E-state index >= 15 is 0 Å². The summed E-state index contributed by atoms with van der Waals surface area (Å²) < 4.78 is 46.3. The van der Waals surface area contributed by atoms with Gasteiger partial charge in [-0.1, -0.05) is 12.1 Å². The highest BCUT2D eigenvalue weighted by Gasteiger charge is 2.28. The minimum atomic E-state index is -4.38. The number of carbonyl (C=O) groups excluding carboxylic acids is 2. The number of ether oxygens (including phenoxy) is 2. The first-order valence-electron chi connectivity index (χ1n) is 10.7. The Labute approximate surface area is 194 Å². The lowest BCUT2D eigenvalue weighted by Gasteiger charge is -2.13. The molecule has 0 unspecified atom stereocenters. The summed E-state index contributed by atoms with van der Waals surface area (Å²) in [6.07, 6.45) is 0.0387. The van der Waals surface area contributed by atoms with E-state index in [1.54, 1.807) is 19.2 Å². The largest absolute Gasteiger partial charge is 0.411 e. The number of nitrogens with one attached hydrogen (secondary N) is 2. The number of benzene rings is 1. The lowest BCUT2D eigenvalue weighted by molar-refractivity contribution is -0.176. The molecule has 0 spiro atoms. The van der Waals surface area contributed by atoms with Gasteiger partial charge in [-0.3, -0.25) is 9.59 Å². The summed E-state index contributed by atoms with van der Waals surface area (Å²) in [6.45, 7) is -0.507. The number of hydrogen-bond acceptors (Lipinski definition) is 5. The van der Waals surface area contributed by atoms with Gasteiger partial charge < -0.3 is 20.1 Å². The fourth-order valence-corrected chi connectivity index (χ4v) is 4.90. The fourth-order valence-electron chi connectivity index (χ4n) is 3.61. The molecule has 0 radical (unpaired) electrons. The number of thiophene rings is 1. The Morgan fingerprint density at radius 1 is 1.09 bits per heavy atom. The van der Waals surface area contributed by atoms with Gasteiger partial charge in [0.15, 0.2) is 0 Å². The van der Waals surface area contributed by atoms with Crippen LogP contribution in [0.25, 0.3) is 0 Å². The fraction of sp³-hybridized carbons (Fsp3) is 0.478. The second kappa shape index (κ2) is 11.6. The van der Waals surface area contributed by atoms with E-state index in [0.29, 0.717) is 41.3 Å². The molecule has 6 nitrogen and oxygen atoms in total. The maximum atomic E-state index is 12.9. The third-order valence-electron chi connectivity index (χ3n) is 5.19. The molecule has 0 saturated heterocycles. The van der Waals surface area contributed by atoms with E-state index in [0.717, 1.165) is 36.1 Å². The highest BCUT2D eigenvalue weighted by molar-refractivity contribution is 7.17. The molecule has 2 amide bonds. The number of halogens is 3. The molecule has 1 aliphatic rings. The summed E-state index contributed by atoms with van der Waals surface area (Å²) in [7, 11) is 1.60. The smallest absolute Gasteiger partial charge is 0.385 e. The number of methoxy groups -OCH3 is 1. The molecule has 0 aliphatic heterocycles. The number of fused-ring (bicyclic) bond motifs is 1. The van der Waals surface area contributed by atoms with Crippen molar-refractivity contribution in [3.63, 3.8) is 0 Å². The van der Waals surface area contributed by atoms with Gasteiger partial charge in [-0.15, -0.1) is 11.3 Å². The van der Waals surface area contributed by atoms with E-state index in [4.69, 9.17) is 4.74 Å². The van der Waals surface area contributed by atoms with Crippen LogP contribution in [0.15, 0.2) is 24.3 Å². The van der Waals surface area contributed by atoms with E-state index in [1.807, 2.05) is 0 Å². The van der Waals surface area contributed by atoms with Crippen LogP contribution >= 0.6 is 11.3 Å². The first kappa shape index (κ1) is 25.2. The molecule has 1 aliphatic carbocycles. The zero-order valence-corrected chi connectivity index (χ0v) is 19.2. The zero-order valence-electron chi connectivity index (χ0n) is 18.3. The van der Waals surface area contributed by atoms with Gasteiger partial charge in [-0.25, -0.2) is 0 Å². The standard InChI is InChI=1S/C23H27F3N2O4S/c1-31-12-4-11-27-21(30)19-17-5-2-3-6-18(17)33-22(19)28-20(29)16-9-7-15(8-10-16)13-32-14-23(24,25)26/h7-10H,2-6,11-14H2,1H3,(H,27,30)(H,28,29). The summed E-state index contributed by atoms with van der Waals surface area (Å²) in [4.78, 5) is 26.9. The van der Waals surface area contributed by atoms with Gasteiger partial charge in [0.2, 0.25) is 0 Å². The number of alkyl halides is 3. The molecule has 1 heterocycles. The molecule has 0 atom stereocenters. The normalized spacial score (nSPS) is 13.5.